The van der Waals surface area contributed by atoms with Crippen LogP contribution in [-0.2, 0) is 6.42 Å². The van der Waals surface area contributed by atoms with Gasteiger partial charge in [-0.15, -0.1) is 0 Å². The van der Waals surface area contributed by atoms with Crippen molar-refractivity contribution in [2.75, 3.05) is 6.61 Å². The average molecular weight is 211 g/mol. The van der Waals surface area contributed by atoms with E-state index in [0.29, 0.717) is 5.15 Å². The molecule has 1 heterocycles. The molecule has 4 heteroatoms. The molecule has 0 unspecified atom stereocenters. The van der Waals surface area contributed by atoms with E-state index in [-0.39, 0.29) is 6.61 Å². The first-order valence-corrected chi connectivity index (χ1v) is 4.92. The number of benzene rings is 1. The van der Waals surface area contributed by atoms with Crippen molar-refractivity contribution in [3.05, 3.63) is 28.9 Å². The van der Waals surface area contributed by atoms with Gasteiger partial charge in [0.25, 0.3) is 0 Å². The Balaban J connectivity index is 2.32. The van der Waals surface area contributed by atoms with Crippen LogP contribution in [0.2, 0.25) is 5.15 Å². The minimum Gasteiger partial charge on any atom is -0.396 e. The molecule has 14 heavy (non-hydrogen) atoms. The molecule has 0 saturated carbocycles. The van der Waals surface area contributed by atoms with Gasteiger partial charge in [-0.2, -0.15) is 5.10 Å². The third-order valence-electron chi connectivity index (χ3n) is 2.20. The summed E-state index contributed by atoms with van der Waals surface area (Å²) in [6.45, 7) is 0.222. The second-order valence-corrected chi connectivity index (χ2v) is 3.59. The molecule has 3 nitrogen and oxygen atoms in total. The van der Waals surface area contributed by atoms with Crippen LogP contribution in [0.5, 0.6) is 0 Å². The summed E-state index contributed by atoms with van der Waals surface area (Å²) >= 11 is 5.87. The molecule has 0 bridgehead atoms. The van der Waals surface area contributed by atoms with Gasteiger partial charge in [0.05, 0.1) is 5.52 Å². The van der Waals surface area contributed by atoms with Gasteiger partial charge in [0.1, 0.15) is 5.15 Å². The van der Waals surface area contributed by atoms with Crippen LogP contribution in [0.3, 0.4) is 0 Å². The van der Waals surface area contributed by atoms with Crippen LogP contribution in [0, 0.1) is 0 Å². The molecule has 0 fully saturated rings. The zero-order chi connectivity index (χ0) is 9.97. The van der Waals surface area contributed by atoms with Crippen LogP contribution in [0.15, 0.2) is 18.2 Å². The quantitative estimate of drug-likeness (QED) is 0.816. The summed E-state index contributed by atoms with van der Waals surface area (Å²) in [5.74, 6) is 0. The maximum Gasteiger partial charge on any atom is 0.132 e. The second-order valence-electron chi connectivity index (χ2n) is 3.22. The fraction of sp³-hybridized carbons (Fsp3) is 0.300. The lowest BCUT2D eigenvalue weighted by molar-refractivity contribution is 0.288. The second kappa shape index (κ2) is 3.98. The van der Waals surface area contributed by atoms with Crippen molar-refractivity contribution >= 4 is 22.5 Å². The lowest BCUT2D eigenvalue weighted by atomic mass is 10.1. The molecule has 0 aliphatic heterocycles. The van der Waals surface area contributed by atoms with Gasteiger partial charge < -0.3 is 5.11 Å². The minimum atomic E-state index is 0.222. The molecular weight excluding hydrogens is 200 g/mol. The lowest BCUT2D eigenvalue weighted by Crippen LogP contribution is -1.88. The van der Waals surface area contributed by atoms with Crippen LogP contribution in [0.25, 0.3) is 10.9 Å². The summed E-state index contributed by atoms with van der Waals surface area (Å²) in [6.07, 6.45) is 1.65. The molecule has 1 aromatic heterocycles. The monoisotopic (exact) mass is 210 g/mol. The highest BCUT2D eigenvalue weighted by Crippen LogP contribution is 2.21. The molecule has 0 spiro atoms. The van der Waals surface area contributed by atoms with Crippen LogP contribution in [-0.4, -0.2) is 21.9 Å². The Morgan fingerprint density at radius 1 is 1.43 bits per heavy atom. The van der Waals surface area contributed by atoms with Gasteiger partial charge in [-0.25, -0.2) is 0 Å². The van der Waals surface area contributed by atoms with E-state index < -0.39 is 0 Å². The van der Waals surface area contributed by atoms with Gasteiger partial charge in [0, 0.05) is 12.0 Å². The van der Waals surface area contributed by atoms with Gasteiger partial charge in [-0.1, -0.05) is 17.7 Å². The molecule has 0 atom stereocenters. The fourth-order valence-electron chi connectivity index (χ4n) is 1.46. The number of rotatable bonds is 3. The number of aromatic nitrogens is 2. The molecule has 0 amide bonds. The SMILES string of the molecule is OCCCc1ccc2c(Cl)[nH]nc2c1. The highest BCUT2D eigenvalue weighted by Gasteiger charge is 2.03. The van der Waals surface area contributed by atoms with Crippen LogP contribution >= 0.6 is 11.6 Å². The topological polar surface area (TPSA) is 48.9 Å². The molecule has 2 aromatic rings. The van der Waals surface area contributed by atoms with Gasteiger partial charge >= 0.3 is 0 Å². The standard InChI is InChI=1S/C10H11ClN2O/c11-10-8-4-3-7(2-1-5-14)6-9(8)12-13-10/h3-4,6,14H,1-2,5H2,(H,12,13). The highest BCUT2D eigenvalue weighted by atomic mass is 35.5. The van der Waals surface area contributed by atoms with Gasteiger partial charge in [0.2, 0.25) is 0 Å². The van der Waals surface area contributed by atoms with Crippen molar-refractivity contribution < 1.29 is 5.11 Å². The Bertz CT molecular complexity index is 439. The van der Waals surface area contributed by atoms with E-state index in [4.69, 9.17) is 16.7 Å². The number of aromatic amines is 1. The van der Waals surface area contributed by atoms with Gasteiger partial charge in [-0.05, 0) is 30.5 Å². The van der Waals surface area contributed by atoms with Crippen molar-refractivity contribution in [3.63, 3.8) is 0 Å². The van der Waals surface area contributed by atoms with E-state index in [1.807, 2.05) is 18.2 Å². The van der Waals surface area contributed by atoms with Crippen LogP contribution < -0.4 is 0 Å². The molecule has 2 rings (SSSR count). The number of fused-ring (bicyclic) bond motifs is 1. The number of nitrogens with one attached hydrogen (secondary N) is 1. The summed E-state index contributed by atoms with van der Waals surface area (Å²) in [5, 5.41) is 17.0. The number of aliphatic hydroxyl groups excluding tert-OH is 1. The average Bonchev–Trinajstić information content (AvgIpc) is 2.57. The number of nitrogens with zero attached hydrogens (tertiary/aromatic N) is 1. The first-order valence-electron chi connectivity index (χ1n) is 4.54. The fourth-order valence-corrected chi connectivity index (χ4v) is 1.67. The lowest BCUT2D eigenvalue weighted by Gasteiger charge is -1.98. The van der Waals surface area contributed by atoms with E-state index in [1.165, 1.54) is 5.56 Å². The Kier molecular flexibility index (Phi) is 2.70. The van der Waals surface area contributed by atoms with Crippen molar-refractivity contribution in [1.82, 2.24) is 10.2 Å². The molecule has 0 radical (unpaired) electrons. The number of aryl methyl sites for hydroxylation is 1. The van der Waals surface area contributed by atoms with Crippen molar-refractivity contribution in [2.45, 2.75) is 12.8 Å². The van der Waals surface area contributed by atoms with Crippen molar-refractivity contribution in [2.24, 2.45) is 0 Å². The zero-order valence-corrected chi connectivity index (χ0v) is 8.38. The first-order chi connectivity index (χ1) is 6.81. The minimum absolute atomic E-state index is 0.222. The summed E-state index contributed by atoms with van der Waals surface area (Å²) in [4.78, 5) is 0. The summed E-state index contributed by atoms with van der Waals surface area (Å²) in [6, 6.07) is 5.96. The first kappa shape index (κ1) is 9.49. The molecule has 74 valence electrons. The number of hydrogen-bond donors (Lipinski definition) is 2. The maximum atomic E-state index is 8.70. The third kappa shape index (κ3) is 1.74. The predicted molar refractivity (Wildman–Crippen MR) is 56.5 cm³/mol. The Morgan fingerprint density at radius 2 is 2.29 bits per heavy atom. The summed E-state index contributed by atoms with van der Waals surface area (Å²) in [5.41, 5.74) is 2.06. The third-order valence-corrected chi connectivity index (χ3v) is 2.48. The molecule has 2 N–H and O–H groups in total. The molecule has 1 aromatic carbocycles. The van der Waals surface area contributed by atoms with Gasteiger partial charge in [0.15, 0.2) is 0 Å². The Labute approximate surface area is 86.7 Å². The van der Waals surface area contributed by atoms with E-state index in [1.54, 1.807) is 0 Å². The van der Waals surface area contributed by atoms with E-state index in [2.05, 4.69) is 10.2 Å². The number of aliphatic hydroxyl groups is 1. The number of H-pyrrole nitrogens is 1. The van der Waals surface area contributed by atoms with Crippen LogP contribution in [0.4, 0.5) is 0 Å². The highest BCUT2D eigenvalue weighted by molar-refractivity contribution is 6.34. The Hall–Kier alpha value is -1.06. The molecule has 0 aliphatic carbocycles. The van der Waals surface area contributed by atoms with Crippen LogP contribution in [0.1, 0.15) is 12.0 Å². The maximum absolute atomic E-state index is 8.70. The van der Waals surface area contributed by atoms with Gasteiger partial charge in [-0.3, -0.25) is 5.10 Å². The molecule has 0 saturated heterocycles. The number of hydrogen-bond acceptors (Lipinski definition) is 2. The Morgan fingerprint density at radius 3 is 3.07 bits per heavy atom. The van der Waals surface area contributed by atoms with E-state index in [9.17, 15) is 0 Å². The smallest absolute Gasteiger partial charge is 0.132 e. The van der Waals surface area contributed by atoms with Crippen molar-refractivity contribution in [3.8, 4) is 0 Å². The van der Waals surface area contributed by atoms with E-state index >= 15 is 0 Å². The molecule has 0 aliphatic rings. The largest absolute Gasteiger partial charge is 0.396 e. The van der Waals surface area contributed by atoms with Crippen molar-refractivity contribution in [1.29, 1.82) is 0 Å². The zero-order valence-electron chi connectivity index (χ0n) is 7.63. The van der Waals surface area contributed by atoms with E-state index in [0.717, 1.165) is 23.7 Å². The predicted octanol–water partition coefficient (Wildman–Crippen LogP) is 2.14. The number of halogens is 1. The summed E-state index contributed by atoms with van der Waals surface area (Å²) in [7, 11) is 0. The molecular formula is C10H11ClN2O. The summed E-state index contributed by atoms with van der Waals surface area (Å²) < 4.78 is 0. The normalized spacial score (nSPS) is 11.0.